The van der Waals surface area contributed by atoms with Gasteiger partial charge in [0, 0.05) is 127 Å². The van der Waals surface area contributed by atoms with E-state index in [9.17, 15) is 0 Å². The molecule has 0 spiro atoms. The number of nitrogens with one attached hydrogen (secondary N) is 1. The fourth-order valence-corrected chi connectivity index (χ4v) is 10.8. The van der Waals surface area contributed by atoms with Crippen molar-refractivity contribution in [2.24, 2.45) is 7.05 Å². The fraction of sp³-hybridized carbons (Fsp3) is 0.631. The van der Waals surface area contributed by atoms with Gasteiger partial charge >= 0.3 is 0 Å². The van der Waals surface area contributed by atoms with Gasteiger partial charge < -0.3 is 65.5 Å². The van der Waals surface area contributed by atoms with Crippen LogP contribution < -0.4 is 24.8 Å². The molecule has 0 saturated carbocycles. The third kappa shape index (κ3) is 29.1. The molecule has 25 heteroatoms. The van der Waals surface area contributed by atoms with Gasteiger partial charge in [-0.2, -0.15) is 20.1 Å². The number of hydrogen-bond acceptors (Lipinski definition) is 23. The summed E-state index contributed by atoms with van der Waals surface area (Å²) in [6, 6.07) is 12.6. The van der Waals surface area contributed by atoms with Crippen LogP contribution in [0.2, 0.25) is 5.15 Å². The van der Waals surface area contributed by atoms with Crippen LogP contribution in [0.5, 0.6) is 5.88 Å². The van der Waals surface area contributed by atoms with Crippen LogP contribution >= 0.6 is 11.6 Å². The van der Waals surface area contributed by atoms with Crippen molar-refractivity contribution in [3.63, 3.8) is 0 Å². The Hall–Kier alpha value is -7.90. The summed E-state index contributed by atoms with van der Waals surface area (Å²) in [6.45, 7) is 68.9. The number of morpholine rings is 3. The van der Waals surface area contributed by atoms with Crippen LogP contribution in [0.25, 0.3) is 11.5 Å². The number of aryl methyl sites for hydroxylation is 3. The number of nitrogens with zero attached hydrogens (tertiary/aromatic N) is 13. The highest BCUT2D eigenvalue weighted by molar-refractivity contribution is 6.30. The number of ether oxygens (including phenoxy) is 4. The van der Waals surface area contributed by atoms with Gasteiger partial charge in [0.15, 0.2) is 11.8 Å². The number of pyridine rings is 2. The molecule has 13 rings (SSSR count). The molecule has 13 heterocycles. The van der Waals surface area contributed by atoms with Crippen molar-refractivity contribution in [2.75, 3.05) is 93.6 Å². The Morgan fingerprint density at radius 2 is 0.936 bits per heavy atom. The quantitative estimate of drug-likeness (QED) is 0.162. The van der Waals surface area contributed by atoms with Gasteiger partial charge in [0.05, 0.1) is 92.6 Å². The highest BCUT2D eigenvalue weighted by Gasteiger charge is 2.30. The van der Waals surface area contributed by atoms with E-state index in [0.717, 1.165) is 177 Å². The van der Waals surface area contributed by atoms with Gasteiger partial charge in [0.2, 0.25) is 11.8 Å². The number of rotatable bonds is 6. The molecule has 24 nitrogen and oxygen atoms in total. The molecule has 0 amide bonds. The summed E-state index contributed by atoms with van der Waals surface area (Å²) in [5.74, 6) is 3.84. The second-order valence-electron chi connectivity index (χ2n) is 36.2. The van der Waals surface area contributed by atoms with Gasteiger partial charge in [0.1, 0.15) is 48.3 Å². The lowest BCUT2D eigenvalue weighted by atomic mass is 9.90. The SMILES string of the molecule is CC(C)(C)c1cccc(OC2CCNC2)n1.CC(C)(C)c1coc(-c2ccncc2)n1.CC(C)(C)c1coc(N2CCOCC2)n1.C[C@@H]1COCCN1c1nc(C(C)(C)C)co1.C[C@H]1COCCN1c1nc(C(C)(C)C)co1.Cc1nc(C(C)(C)C)co1.Cc1ncc(C(C)(C)C)o1.Cn1ncc(C(C)(C)C)c1Cl. The van der Waals surface area contributed by atoms with Crippen LogP contribution in [-0.4, -0.2) is 147 Å². The maximum absolute atomic E-state index is 5.99. The van der Waals surface area contributed by atoms with E-state index in [0.29, 0.717) is 18.0 Å². The predicted molar refractivity (Wildman–Crippen MR) is 434 cm³/mol. The Balaban J connectivity index is 0.000000196. The second-order valence-corrected chi connectivity index (χ2v) is 36.6. The lowest BCUT2D eigenvalue weighted by Crippen LogP contribution is -2.43. The molecule has 604 valence electrons. The van der Waals surface area contributed by atoms with Crippen LogP contribution in [0, 0.1) is 13.8 Å². The van der Waals surface area contributed by atoms with Gasteiger partial charge in [0.25, 0.3) is 18.0 Å². The maximum Gasteiger partial charge on any atom is 0.297 e. The summed E-state index contributed by atoms with van der Waals surface area (Å²) in [6.07, 6.45) is 17.1. The van der Waals surface area contributed by atoms with Crippen molar-refractivity contribution >= 4 is 29.6 Å². The first-order valence-electron chi connectivity index (χ1n) is 38.2. The molecule has 0 aromatic carbocycles. The molecule has 4 aliphatic rings. The van der Waals surface area contributed by atoms with Crippen LogP contribution in [0.4, 0.5) is 18.0 Å². The van der Waals surface area contributed by atoms with E-state index in [1.807, 2.05) is 51.4 Å². The van der Waals surface area contributed by atoms with Crippen LogP contribution in [0.15, 0.2) is 113 Å². The topological polar surface area (TPSA) is 258 Å². The lowest BCUT2D eigenvalue weighted by molar-refractivity contribution is 0.0961. The number of hydrogen-bond donors (Lipinski definition) is 1. The fourth-order valence-electron chi connectivity index (χ4n) is 10.4. The number of anilines is 3. The van der Waals surface area contributed by atoms with E-state index in [-0.39, 0.29) is 49.4 Å². The van der Waals surface area contributed by atoms with Crippen LogP contribution in [0.1, 0.15) is 244 Å². The molecular formula is C84H131ClN14O10. The van der Waals surface area contributed by atoms with Crippen LogP contribution in [-0.2, 0) is 64.6 Å². The molecule has 9 aromatic heterocycles. The molecule has 1 N–H and O–H groups in total. The van der Waals surface area contributed by atoms with E-state index in [2.05, 4.69) is 251 Å². The van der Waals surface area contributed by atoms with Crippen molar-refractivity contribution in [3.8, 4) is 17.3 Å². The van der Waals surface area contributed by atoms with E-state index in [1.165, 1.54) is 0 Å². The minimum Gasteiger partial charge on any atom is -0.473 e. The Kier molecular flexibility index (Phi) is 32.1. The largest absolute Gasteiger partial charge is 0.473 e. The monoisotopic (exact) mass is 1530 g/mol. The van der Waals surface area contributed by atoms with Crippen molar-refractivity contribution in [3.05, 3.63) is 149 Å². The number of oxazole rings is 6. The predicted octanol–water partition coefficient (Wildman–Crippen LogP) is 18.3. The molecule has 0 radical (unpaired) electrons. The summed E-state index contributed by atoms with van der Waals surface area (Å²) in [4.78, 5) is 41.3. The smallest absolute Gasteiger partial charge is 0.297 e. The normalized spacial score (nSPS) is 17.2. The molecule has 0 bridgehead atoms. The number of halogens is 1. The Morgan fingerprint density at radius 1 is 0.477 bits per heavy atom. The van der Waals surface area contributed by atoms with Gasteiger partial charge in [-0.3, -0.25) is 9.67 Å². The average molecular weight is 1530 g/mol. The van der Waals surface area contributed by atoms with Gasteiger partial charge in [-0.1, -0.05) is 184 Å². The first-order valence-corrected chi connectivity index (χ1v) is 38.6. The molecule has 109 heavy (non-hydrogen) atoms. The first kappa shape index (κ1) is 90.0. The Bertz CT molecular complexity index is 3960. The van der Waals surface area contributed by atoms with E-state index >= 15 is 0 Å². The van der Waals surface area contributed by atoms with Crippen molar-refractivity contribution < 1.29 is 45.5 Å². The molecule has 4 aliphatic heterocycles. The van der Waals surface area contributed by atoms with Gasteiger partial charge in [-0.25, -0.2) is 19.9 Å². The van der Waals surface area contributed by atoms with Gasteiger partial charge in [-0.15, -0.1) is 0 Å². The van der Waals surface area contributed by atoms with Crippen molar-refractivity contribution in [1.29, 1.82) is 0 Å². The van der Waals surface area contributed by atoms with Gasteiger partial charge in [-0.05, 0) is 50.4 Å². The highest BCUT2D eigenvalue weighted by Crippen LogP contribution is 2.33. The Morgan fingerprint density at radius 3 is 1.30 bits per heavy atom. The minimum absolute atomic E-state index is 0.0226. The average Bonchev–Trinajstić information content (AvgIpc) is 1.81. The summed E-state index contributed by atoms with van der Waals surface area (Å²) in [5.41, 5.74) is 8.64. The summed E-state index contributed by atoms with van der Waals surface area (Å²) in [7, 11) is 1.84. The molecule has 0 aliphatic carbocycles. The van der Waals surface area contributed by atoms with E-state index in [4.69, 9.17) is 57.1 Å². The molecule has 1 unspecified atom stereocenters. The summed E-state index contributed by atoms with van der Waals surface area (Å²) >= 11 is 5.99. The van der Waals surface area contributed by atoms with Crippen molar-refractivity contribution in [2.45, 2.75) is 262 Å². The molecular weight excluding hydrogens is 1400 g/mol. The minimum atomic E-state index is 0.0226. The number of aromatic nitrogens is 10. The third-order valence-corrected chi connectivity index (χ3v) is 18.2. The first-order chi connectivity index (χ1) is 50.6. The van der Waals surface area contributed by atoms with Crippen LogP contribution in [0.3, 0.4) is 0 Å². The third-order valence-electron chi connectivity index (χ3n) is 17.7. The second kappa shape index (κ2) is 38.8. The Labute approximate surface area is 655 Å². The summed E-state index contributed by atoms with van der Waals surface area (Å²) in [5, 5.41) is 8.09. The zero-order valence-electron chi connectivity index (χ0n) is 71.3. The molecule has 4 saturated heterocycles. The molecule has 9 aromatic rings. The lowest BCUT2D eigenvalue weighted by Gasteiger charge is -2.31. The van der Waals surface area contributed by atoms with E-state index < -0.39 is 0 Å². The standard InChI is InChI=1S/C13H20N2O.2C12H20N2O2.C12H14N2O.C11H18N2O2.C8H13ClN2.2C8H13NO/c1-13(2,3)11-5-4-6-12(15-11)16-10-7-8-14-9-10;2*1-9-7-15-6-5-14(9)11-13-10(8-16-11)12(2,3)4;1-12(2,3)10-8-15-11(14-10)9-4-6-13-7-5-9;1-11(2,3)9-8-15-10(12-9)13-4-6-14-7-5-13;1-8(2,3)6-5-10-11(4)7(6)9;1-6-9-7(5-10-6)8(2,3)4;1-6-9-5-7(10-6)8(2,3)4/h4-6,10,14H,7-9H2,1-3H3;2*8-9H,5-7H2,1-4H3;4-8H,1-3H3;8H,4-7H2,1-3H3;5H,1-4H3;2*5H,1-4H3/t;2*9-;;;;;/m.10...../s1. The van der Waals surface area contributed by atoms with E-state index in [1.54, 1.807) is 54.6 Å². The zero-order chi connectivity index (χ0) is 81.1. The molecule has 3 atom stereocenters. The highest BCUT2D eigenvalue weighted by atomic mass is 35.5. The summed E-state index contributed by atoms with van der Waals surface area (Å²) < 4.78 is 56.1. The molecule has 4 fully saturated rings. The maximum atomic E-state index is 5.99. The zero-order valence-corrected chi connectivity index (χ0v) is 72.0. The van der Waals surface area contributed by atoms with Crippen molar-refractivity contribution in [1.82, 2.24) is 55.0 Å².